The van der Waals surface area contributed by atoms with Gasteiger partial charge in [0.25, 0.3) is 0 Å². The molecule has 1 unspecified atom stereocenters. The Kier molecular flexibility index (Phi) is 3.96. The van der Waals surface area contributed by atoms with E-state index in [0.717, 1.165) is 12.0 Å². The van der Waals surface area contributed by atoms with Crippen LogP contribution in [-0.4, -0.2) is 33.0 Å². The zero-order valence-electron chi connectivity index (χ0n) is 9.34. The van der Waals surface area contributed by atoms with Crippen molar-refractivity contribution in [3.8, 4) is 0 Å². The molecule has 0 bridgehead atoms. The lowest BCUT2D eigenvalue weighted by molar-refractivity contribution is 0.111. The minimum Gasteiger partial charge on any atom is -0.396 e. The van der Waals surface area contributed by atoms with Crippen LogP contribution in [0.2, 0.25) is 0 Å². The van der Waals surface area contributed by atoms with E-state index in [1.807, 2.05) is 20.8 Å². The summed E-state index contributed by atoms with van der Waals surface area (Å²) in [5.74, 6) is 0.196. The largest absolute Gasteiger partial charge is 0.396 e. The molecule has 1 N–H and O–H groups in total. The van der Waals surface area contributed by atoms with Gasteiger partial charge >= 0.3 is 0 Å². The second kappa shape index (κ2) is 5.02. The summed E-state index contributed by atoms with van der Waals surface area (Å²) >= 11 is 0. The second-order valence-corrected chi connectivity index (χ2v) is 3.94. The van der Waals surface area contributed by atoms with Crippen LogP contribution in [0.25, 0.3) is 0 Å². The molecule has 1 rings (SSSR count). The number of aldehydes is 1. The van der Waals surface area contributed by atoms with E-state index >= 15 is 0 Å². The average Bonchev–Trinajstić information content (AvgIpc) is 2.61. The van der Waals surface area contributed by atoms with Gasteiger partial charge in [-0.15, -0.1) is 5.10 Å². The zero-order valence-corrected chi connectivity index (χ0v) is 9.34. The van der Waals surface area contributed by atoms with Crippen molar-refractivity contribution in [3.63, 3.8) is 0 Å². The van der Waals surface area contributed by atoms with Crippen molar-refractivity contribution >= 4 is 6.29 Å². The summed E-state index contributed by atoms with van der Waals surface area (Å²) in [6.07, 6.45) is 1.34. The molecule has 1 heterocycles. The summed E-state index contributed by atoms with van der Waals surface area (Å²) < 4.78 is 1.73. The summed E-state index contributed by atoms with van der Waals surface area (Å²) in [5.41, 5.74) is 1.24. The average molecular weight is 211 g/mol. The van der Waals surface area contributed by atoms with E-state index in [4.69, 9.17) is 5.11 Å². The lowest BCUT2D eigenvalue weighted by Crippen LogP contribution is -2.13. The van der Waals surface area contributed by atoms with Gasteiger partial charge in [0.15, 0.2) is 6.29 Å². The standard InChI is InChI=1S/C10H17N3O2/c1-7(2)10-9(6-15)11-12-13(10)8(3)4-5-14/h6-8,14H,4-5H2,1-3H3. The molecule has 0 amide bonds. The maximum Gasteiger partial charge on any atom is 0.172 e. The number of carbonyl (C=O) groups excluding carboxylic acids is 1. The van der Waals surface area contributed by atoms with Crippen LogP contribution in [0.1, 0.15) is 55.3 Å². The molecule has 0 aromatic carbocycles. The first kappa shape index (κ1) is 11.8. The highest BCUT2D eigenvalue weighted by Crippen LogP contribution is 2.21. The van der Waals surface area contributed by atoms with E-state index in [9.17, 15) is 4.79 Å². The van der Waals surface area contributed by atoms with Crippen LogP contribution in [0.4, 0.5) is 0 Å². The first-order valence-electron chi connectivity index (χ1n) is 5.12. The number of aromatic nitrogens is 3. The third kappa shape index (κ3) is 2.41. The van der Waals surface area contributed by atoms with Gasteiger partial charge in [-0.1, -0.05) is 19.1 Å². The van der Waals surface area contributed by atoms with Crippen LogP contribution < -0.4 is 0 Å². The molecule has 15 heavy (non-hydrogen) atoms. The van der Waals surface area contributed by atoms with Crippen molar-refractivity contribution in [2.75, 3.05) is 6.61 Å². The molecular formula is C10H17N3O2. The molecule has 1 aromatic heterocycles. The van der Waals surface area contributed by atoms with E-state index in [1.54, 1.807) is 4.68 Å². The van der Waals surface area contributed by atoms with Crippen LogP contribution >= 0.6 is 0 Å². The van der Waals surface area contributed by atoms with Gasteiger partial charge in [0.1, 0.15) is 5.69 Å². The minimum absolute atomic E-state index is 0.0635. The van der Waals surface area contributed by atoms with Crippen LogP contribution in [0, 0.1) is 0 Å². The first-order chi connectivity index (χ1) is 7.11. The number of aliphatic hydroxyl groups is 1. The quantitative estimate of drug-likeness (QED) is 0.742. The van der Waals surface area contributed by atoms with E-state index < -0.39 is 0 Å². The lowest BCUT2D eigenvalue weighted by Gasteiger charge is -2.15. The Morgan fingerprint density at radius 1 is 1.47 bits per heavy atom. The number of aliphatic hydroxyl groups excluding tert-OH is 1. The van der Waals surface area contributed by atoms with E-state index in [2.05, 4.69) is 10.3 Å². The topological polar surface area (TPSA) is 68.0 Å². The maximum absolute atomic E-state index is 10.8. The highest BCUT2D eigenvalue weighted by Gasteiger charge is 2.18. The second-order valence-electron chi connectivity index (χ2n) is 3.94. The van der Waals surface area contributed by atoms with E-state index in [1.165, 1.54) is 0 Å². The third-order valence-electron chi connectivity index (χ3n) is 2.38. The molecule has 0 aliphatic heterocycles. The summed E-state index contributed by atoms with van der Waals surface area (Å²) in [7, 11) is 0. The van der Waals surface area contributed by atoms with Crippen molar-refractivity contribution in [1.82, 2.24) is 15.0 Å². The van der Waals surface area contributed by atoms with Crippen molar-refractivity contribution in [2.24, 2.45) is 0 Å². The number of hydrogen-bond acceptors (Lipinski definition) is 4. The fraction of sp³-hybridized carbons (Fsp3) is 0.700. The molecule has 0 saturated carbocycles. The highest BCUT2D eigenvalue weighted by molar-refractivity contribution is 5.73. The summed E-state index contributed by atoms with van der Waals surface area (Å²) in [6.45, 7) is 6.04. The van der Waals surface area contributed by atoms with Gasteiger partial charge in [0, 0.05) is 6.61 Å². The van der Waals surface area contributed by atoms with Gasteiger partial charge < -0.3 is 5.11 Å². The normalized spacial score (nSPS) is 13.1. The monoisotopic (exact) mass is 211 g/mol. The van der Waals surface area contributed by atoms with Crippen LogP contribution in [0.15, 0.2) is 0 Å². The van der Waals surface area contributed by atoms with Gasteiger partial charge in [-0.05, 0) is 19.3 Å². The molecule has 0 saturated heterocycles. The van der Waals surface area contributed by atoms with Crippen LogP contribution in [0.5, 0.6) is 0 Å². The Bertz CT molecular complexity index is 333. The number of carbonyl (C=O) groups is 1. The van der Waals surface area contributed by atoms with Crippen LogP contribution in [-0.2, 0) is 0 Å². The van der Waals surface area contributed by atoms with Gasteiger partial charge in [0.2, 0.25) is 0 Å². The summed E-state index contributed by atoms with van der Waals surface area (Å²) in [5, 5.41) is 16.6. The SMILES string of the molecule is CC(C)c1c(C=O)nnn1C(C)CCO. The predicted octanol–water partition coefficient (Wildman–Crippen LogP) is 1.16. The first-order valence-corrected chi connectivity index (χ1v) is 5.12. The molecule has 5 heteroatoms. The molecule has 1 aromatic rings. The Balaban J connectivity index is 3.06. The molecule has 5 nitrogen and oxygen atoms in total. The fourth-order valence-corrected chi connectivity index (χ4v) is 1.59. The van der Waals surface area contributed by atoms with Gasteiger partial charge in [-0.3, -0.25) is 4.79 Å². The molecule has 0 radical (unpaired) electrons. The van der Waals surface area contributed by atoms with Crippen molar-refractivity contribution < 1.29 is 9.90 Å². The molecular weight excluding hydrogens is 194 g/mol. The van der Waals surface area contributed by atoms with Gasteiger partial charge in [-0.2, -0.15) is 0 Å². The number of nitrogens with zero attached hydrogens (tertiary/aromatic N) is 3. The Labute approximate surface area is 89.1 Å². The predicted molar refractivity (Wildman–Crippen MR) is 55.9 cm³/mol. The fourth-order valence-electron chi connectivity index (χ4n) is 1.59. The van der Waals surface area contributed by atoms with E-state index in [0.29, 0.717) is 12.1 Å². The van der Waals surface area contributed by atoms with Gasteiger partial charge in [-0.25, -0.2) is 4.68 Å². The van der Waals surface area contributed by atoms with Crippen molar-refractivity contribution in [2.45, 2.75) is 39.2 Å². The molecule has 0 fully saturated rings. The minimum atomic E-state index is 0.0635. The van der Waals surface area contributed by atoms with Crippen molar-refractivity contribution in [3.05, 3.63) is 11.4 Å². The Morgan fingerprint density at radius 2 is 2.13 bits per heavy atom. The van der Waals surface area contributed by atoms with E-state index in [-0.39, 0.29) is 18.6 Å². The van der Waals surface area contributed by atoms with Crippen molar-refractivity contribution in [1.29, 1.82) is 0 Å². The number of rotatable bonds is 5. The maximum atomic E-state index is 10.8. The number of hydrogen-bond donors (Lipinski definition) is 1. The summed E-state index contributed by atoms with van der Waals surface area (Å²) in [6, 6.07) is 0.0635. The third-order valence-corrected chi connectivity index (χ3v) is 2.38. The molecule has 1 atom stereocenters. The Morgan fingerprint density at radius 3 is 2.60 bits per heavy atom. The highest BCUT2D eigenvalue weighted by atomic mass is 16.3. The molecule has 0 aliphatic rings. The molecule has 0 spiro atoms. The molecule has 0 aliphatic carbocycles. The summed E-state index contributed by atoms with van der Waals surface area (Å²) in [4.78, 5) is 10.8. The van der Waals surface area contributed by atoms with Crippen LogP contribution in [0.3, 0.4) is 0 Å². The molecule has 84 valence electrons. The zero-order chi connectivity index (χ0) is 11.4. The Hall–Kier alpha value is -1.23. The van der Waals surface area contributed by atoms with Gasteiger partial charge in [0.05, 0.1) is 11.7 Å². The lowest BCUT2D eigenvalue weighted by atomic mass is 10.1. The smallest absolute Gasteiger partial charge is 0.172 e.